The number of methoxy groups -OCH3 is 1. The Hall–Kier alpha value is -1.98. The molecule has 0 amide bonds. The van der Waals surface area contributed by atoms with Crippen molar-refractivity contribution < 1.29 is 14.0 Å². The summed E-state index contributed by atoms with van der Waals surface area (Å²) in [6.45, 7) is 11.0. The molecule has 0 radical (unpaired) electrons. The molecule has 2 aromatic heterocycles. The molecule has 0 fully saturated rings. The van der Waals surface area contributed by atoms with Crippen LogP contribution in [0.3, 0.4) is 0 Å². The maximum atomic E-state index is 5.70. The van der Waals surface area contributed by atoms with Crippen molar-refractivity contribution in [3.63, 3.8) is 0 Å². The molecule has 0 saturated carbocycles. The summed E-state index contributed by atoms with van der Waals surface area (Å²) in [6, 6.07) is 1.85. The van der Waals surface area contributed by atoms with Crippen LogP contribution in [0.15, 0.2) is 23.0 Å². The summed E-state index contributed by atoms with van der Waals surface area (Å²) < 4.78 is 18.0. The molecule has 0 aliphatic heterocycles. The third-order valence-corrected chi connectivity index (χ3v) is 3.61. The zero-order chi connectivity index (χ0) is 16.4. The van der Waals surface area contributed by atoms with E-state index in [2.05, 4.69) is 44.9 Å². The molecule has 0 unspecified atom stereocenters. The molecule has 122 valence electrons. The van der Waals surface area contributed by atoms with Gasteiger partial charge < -0.3 is 14.0 Å². The molecule has 0 aromatic carbocycles. The summed E-state index contributed by atoms with van der Waals surface area (Å²) in [7, 11) is 1.63. The van der Waals surface area contributed by atoms with Crippen molar-refractivity contribution in [1.29, 1.82) is 0 Å². The topological polar surface area (TPSA) is 62.3 Å². The van der Waals surface area contributed by atoms with Crippen LogP contribution in [0.1, 0.15) is 46.8 Å². The summed E-state index contributed by atoms with van der Waals surface area (Å²) >= 11 is 0. The van der Waals surface area contributed by atoms with Gasteiger partial charge in [0, 0.05) is 17.9 Å². The molecule has 0 saturated heterocycles. The van der Waals surface area contributed by atoms with Gasteiger partial charge in [0.2, 0.25) is 0 Å². The molecule has 0 aliphatic carbocycles. The number of hydrogen-bond acceptors (Lipinski definition) is 5. The Balaban J connectivity index is 1.91. The molecular weight excluding hydrogens is 282 g/mol. The van der Waals surface area contributed by atoms with Crippen LogP contribution in [0.4, 0.5) is 0 Å². The molecule has 6 nitrogen and oxygen atoms in total. The second-order valence-electron chi connectivity index (χ2n) is 7.02. The van der Waals surface area contributed by atoms with Gasteiger partial charge in [-0.05, 0) is 19.0 Å². The molecule has 22 heavy (non-hydrogen) atoms. The maximum Gasteiger partial charge on any atom is 0.254 e. The van der Waals surface area contributed by atoms with Crippen molar-refractivity contribution in [1.82, 2.24) is 14.9 Å². The van der Waals surface area contributed by atoms with E-state index in [1.54, 1.807) is 13.3 Å². The first-order chi connectivity index (χ1) is 10.2. The van der Waals surface area contributed by atoms with Gasteiger partial charge in [-0.3, -0.25) is 4.68 Å². The third-order valence-electron chi connectivity index (χ3n) is 3.61. The van der Waals surface area contributed by atoms with E-state index in [4.69, 9.17) is 14.0 Å². The average molecular weight is 307 g/mol. The maximum absolute atomic E-state index is 5.70. The van der Waals surface area contributed by atoms with Crippen LogP contribution in [0, 0.1) is 0 Å². The Labute approximate surface area is 131 Å². The third kappa shape index (κ3) is 3.81. The van der Waals surface area contributed by atoms with Crippen LogP contribution >= 0.6 is 0 Å². The van der Waals surface area contributed by atoms with Crippen molar-refractivity contribution in [2.75, 3.05) is 13.7 Å². The van der Waals surface area contributed by atoms with Crippen molar-refractivity contribution >= 4 is 0 Å². The molecule has 0 bridgehead atoms. The van der Waals surface area contributed by atoms with Gasteiger partial charge in [0.1, 0.15) is 5.76 Å². The first-order valence-electron chi connectivity index (χ1n) is 7.41. The molecular formula is C16H25N3O3. The Kier molecular flexibility index (Phi) is 4.49. The monoisotopic (exact) mass is 307 g/mol. The minimum Gasteiger partial charge on any atom is -0.493 e. The van der Waals surface area contributed by atoms with Gasteiger partial charge in [-0.1, -0.05) is 20.8 Å². The SMILES string of the molecule is COc1cnn(C(C)(C)CCOc2cc(C(C)(C)C)on2)c1. The van der Waals surface area contributed by atoms with Gasteiger partial charge >= 0.3 is 0 Å². The van der Waals surface area contributed by atoms with E-state index in [-0.39, 0.29) is 11.0 Å². The molecule has 6 heteroatoms. The quantitative estimate of drug-likeness (QED) is 0.818. The van der Waals surface area contributed by atoms with E-state index in [9.17, 15) is 0 Å². The lowest BCUT2D eigenvalue weighted by molar-refractivity contribution is 0.202. The van der Waals surface area contributed by atoms with Gasteiger partial charge in [-0.2, -0.15) is 5.10 Å². The largest absolute Gasteiger partial charge is 0.493 e. The van der Waals surface area contributed by atoms with Crippen LogP contribution in [-0.2, 0) is 11.0 Å². The van der Waals surface area contributed by atoms with Crippen molar-refractivity contribution in [2.45, 2.75) is 52.0 Å². The fraction of sp³-hybridized carbons (Fsp3) is 0.625. The molecule has 2 heterocycles. The van der Waals surface area contributed by atoms with Crippen LogP contribution in [0.2, 0.25) is 0 Å². The second-order valence-corrected chi connectivity index (χ2v) is 7.02. The van der Waals surface area contributed by atoms with Gasteiger partial charge in [0.05, 0.1) is 31.6 Å². The minimum absolute atomic E-state index is 0.0699. The number of nitrogens with zero attached hydrogens (tertiary/aromatic N) is 3. The lowest BCUT2D eigenvalue weighted by Gasteiger charge is -2.24. The predicted octanol–water partition coefficient (Wildman–Crippen LogP) is 3.38. The van der Waals surface area contributed by atoms with E-state index < -0.39 is 0 Å². The highest BCUT2D eigenvalue weighted by Gasteiger charge is 2.23. The Bertz CT molecular complexity index is 608. The first kappa shape index (κ1) is 16.4. The van der Waals surface area contributed by atoms with E-state index in [0.717, 1.165) is 17.9 Å². The van der Waals surface area contributed by atoms with Crippen LogP contribution in [0.25, 0.3) is 0 Å². The Morgan fingerprint density at radius 1 is 1.23 bits per heavy atom. The smallest absolute Gasteiger partial charge is 0.254 e. The lowest BCUT2D eigenvalue weighted by Crippen LogP contribution is -2.29. The zero-order valence-electron chi connectivity index (χ0n) is 14.2. The van der Waals surface area contributed by atoms with E-state index in [1.807, 2.05) is 16.9 Å². The molecule has 2 rings (SSSR count). The van der Waals surface area contributed by atoms with Crippen LogP contribution < -0.4 is 9.47 Å². The number of aromatic nitrogens is 3. The van der Waals surface area contributed by atoms with E-state index in [1.165, 1.54) is 0 Å². The summed E-state index contributed by atoms with van der Waals surface area (Å²) in [5.41, 5.74) is -0.243. The summed E-state index contributed by atoms with van der Waals surface area (Å²) in [6.07, 6.45) is 4.37. The minimum atomic E-state index is -0.173. The summed E-state index contributed by atoms with van der Waals surface area (Å²) in [4.78, 5) is 0. The van der Waals surface area contributed by atoms with Gasteiger partial charge in [0.15, 0.2) is 5.75 Å². The average Bonchev–Trinajstić information content (AvgIpc) is 3.06. The van der Waals surface area contributed by atoms with Crippen molar-refractivity contribution in [3.05, 3.63) is 24.2 Å². The van der Waals surface area contributed by atoms with Crippen LogP contribution in [0.5, 0.6) is 11.6 Å². The van der Waals surface area contributed by atoms with Crippen LogP contribution in [-0.4, -0.2) is 28.7 Å². The molecule has 0 atom stereocenters. The molecule has 2 aromatic rings. The zero-order valence-corrected chi connectivity index (χ0v) is 14.2. The normalized spacial score (nSPS) is 12.5. The standard InChI is InChI=1S/C16H25N3O3/c1-15(2,3)13-9-14(18-22-13)21-8-7-16(4,5)19-11-12(20-6)10-17-19/h9-11H,7-8H2,1-6H3. The van der Waals surface area contributed by atoms with Gasteiger partial charge in [-0.25, -0.2) is 0 Å². The first-order valence-corrected chi connectivity index (χ1v) is 7.41. The number of ether oxygens (including phenoxy) is 2. The lowest BCUT2D eigenvalue weighted by atomic mass is 9.94. The van der Waals surface area contributed by atoms with E-state index >= 15 is 0 Å². The Morgan fingerprint density at radius 3 is 2.50 bits per heavy atom. The number of rotatable bonds is 6. The highest BCUT2D eigenvalue weighted by atomic mass is 16.5. The van der Waals surface area contributed by atoms with Gasteiger partial charge in [-0.15, -0.1) is 0 Å². The molecule has 0 spiro atoms. The second kappa shape index (κ2) is 6.02. The summed E-state index contributed by atoms with van der Waals surface area (Å²) in [5, 5.41) is 8.28. The van der Waals surface area contributed by atoms with E-state index in [0.29, 0.717) is 12.5 Å². The molecule has 0 aliphatic rings. The highest BCUT2D eigenvalue weighted by Crippen LogP contribution is 2.26. The van der Waals surface area contributed by atoms with Crippen molar-refractivity contribution in [2.24, 2.45) is 0 Å². The number of hydrogen-bond donors (Lipinski definition) is 0. The van der Waals surface area contributed by atoms with Gasteiger partial charge in [0.25, 0.3) is 5.88 Å². The fourth-order valence-corrected chi connectivity index (χ4v) is 1.94. The predicted molar refractivity (Wildman–Crippen MR) is 83.4 cm³/mol. The van der Waals surface area contributed by atoms with Crippen molar-refractivity contribution in [3.8, 4) is 11.6 Å². The summed E-state index contributed by atoms with van der Waals surface area (Å²) in [5.74, 6) is 2.10. The Morgan fingerprint density at radius 2 is 1.95 bits per heavy atom. The fourth-order valence-electron chi connectivity index (χ4n) is 1.94. The molecule has 0 N–H and O–H groups in total. The highest BCUT2D eigenvalue weighted by molar-refractivity contribution is 5.17.